The highest BCUT2D eigenvalue weighted by molar-refractivity contribution is 7.89. The third-order valence-electron chi connectivity index (χ3n) is 3.96. The Morgan fingerprint density at radius 3 is 2.45 bits per heavy atom. The third-order valence-corrected chi connectivity index (χ3v) is 6.26. The Morgan fingerprint density at radius 2 is 1.95 bits per heavy atom. The van der Waals surface area contributed by atoms with Crippen LogP contribution in [0.25, 0.3) is 0 Å². The molecule has 1 aromatic rings. The zero-order valence-corrected chi connectivity index (χ0v) is 13.4. The predicted octanol–water partition coefficient (Wildman–Crippen LogP) is 2.19. The van der Waals surface area contributed by atoms with Crippen molar-refractivity contribution in [2.45, 2.75) is 43.5 Å². The molecule has 2 rings (SSSR count). The topological polar surface area (TPSA) is 63.4 Å². The molecular weight excluding hydrogens is 292 g/mol. The molecule has 1 aliphatic carbocycles. The van der Waals surface area contributed by atoms with Gasteiger partial charge >= 0.3 is 0 Å². The van der Waals surface area contributed by atoms with Gasteiger partial charge in [0.25, 0.3) is 0 Å². The molecule has 2 N–H and O–H groups in total. The Balaban J connectivity index is 2.36. The molecule has 4 nitrogen and oxygen atoms in total. The van der Waals surface area contributed by atoms with Gasteiger partial charge in [-0.15, -0.1) is 0 Å². The first kappa shape index (κ1) is 15.4. The van der Waals surface area contributed by atoms with Gasteiger partial charge in [0.2, 0.25) is 10.0 Å². The quantitative estimate of drug-likeness (QED) is 0.866. The summed E-state index contributed by atoms with van der Waals surface area (Å²) in [4.78, 5) is 0.619. The fraction of sp³-hybridized carbons (Fsp3) is 0.500. The molecule has 0 atom stereocenters. The van der Waals surface area contributed by atoms with Gasteiger partial charge in [0, 0.05) is 18.7 Å². The smallest absolute Gasteiger partial charge is 0.243 e. The van der Waals surface area contributed by atoms with Gasteiger partial charge in [-0.1, -0.05) is 31.1 Å². The number of nitrogens with two attached hydrogens (primary N) is 1. The average Bonchev–Trinajstić information content (AvgIpc) is 2.90. The molecule has 0 aromatic heterocycles. The summed E-state index contributed by atoms with van der Waals surface area (Å²) in [7, 11) is -1.77. The average molecular weight is 312 g/mol. The molecule has 0 radical (unpaired) electrons. The Hall–Kier alpha value is -0.980. The second kappa shape index (κ2) is 5.79. The normalized spacial score (nSPS) is 16.8. The van der Waals surface area contributed by atoms with Crippen LogP contribution in [-0.2, 0) is 10.0 Å². The first-order chi connectivity index (χ1) is 9.34. The number of hydrogen-bond donors (Lipinski definition) is 1. The Kier molecular flexibility index (Phi) is 4.46. The number of benzene rings is 1. The van der Waals surface area contributed by atoms with Crippen LogP contribution in [0.4, 0.5) is 0 Å². The van der Waals surface area contributed by atoms with E-state index in [2.05, 4.69) is 0 Å². The summed E-state index contributed by atoms with van der Waals surface area (Å²) in [6, 6.07) is 5.13. The highest BCUT2D eigenvalue weighted by Crippen LogP contribution is 2.28. The molecular formula is C14H20N2O2S2. The van der Waals surface area contributed by atoms with Crippen LogP contribution in [0.5, 0.6) is 0 Å². The summed E-state index contributed by atoms with van der Waals surface area (Å²) in [5.41, 5.74) is 6.95. The molecule has 0 heterocycles. The van der Waals surface area contributed by atoms with Crippen molar-refractivity contribution < 1.29 is 8.42 Å². The van der Waals surface area contributed by atoms with Gasteiger partial charge < -0.3 is 5.73 Å². The lowest BCUT2D eigenvalue weighted by molar-refractivity contribution is 0.373. The van der Waals surface area contributed by atoms with Crippen LogP contribution in [0.1, 0.15) is 36.8 Å². The minimum absolute atomic E-state index is 0.120. The van der Waals surface area contributed by atoms with Crippen molar-refractivity contribution in [1.29, 1.82) is 0 Å². The number of aryl methyl sites for hydroxylation is 1. The van der Waals surface area contributed by atoms with E-state index in [-0.39, 0.29) is 11.0 Å². The highest BCUT2D eigenvalue weighted by atomic mass is 32.2. The maximum Gasteiger partial charge on any atom is 0.243 e. The number of sulfonamides is 1. The number of hydrogen-bond acceptors (Lipinski definition) is 3. The molecule has 1 aliphatic rings. The standard InChI is InChI=1S/C14H20N2O2S2/c1-10-9-11(14(15)19)7-8-13(10)20(17,18)16(2)12-5-3-4-6-12/h7-9,12H,3-6H2,1-2H3,(H2,15,19). The summed E-state index contributed by atoms with van der Waals surface area (Å²) < 4.78 is 26.9. The Bertz CT molecular complexity index is 620. The molecule has 0 unspecified atom stereocenters. The van der Waals surface area contributed by atoms with Gasteiger partial charge in [-0.25, -0.2) is 8.42 Å². The zero-order chi connectivity index (χ0) is 14.9. The van der Waals surface area contributed by atoms with E-state index in [1.807, 2.05) is 0 Å². The molecule has 1 saturated carbocycles. The molecule has 1 aromatic carbocycles. The molecule has 1 fully saturated rings. The van der Waals surface area contributed by atoms with E-state index < -0.39 is 10.0 Å². The van der Waals surface area contributed by atoms with Crippen molar-refractivity contribution in [2.24, 2.45) is 5.73 Å². The van der Waals surface area contributed by atoms with Crippen molar-refractivity contribution >= 4 is 27.2 Å². The maximum atomic E-state index is 12.7. The van der Waals surface area contributed by atoms with E-state index in [1.165, 1.54) is 4.31 Å². The summed E-state index contributed by atoms with van der Waals surface area (Å²) in [6.45, 7) is 1.77. The molecule has 0 saturated heterocycles. The molecule has 20 heavy (non-hydrogen) atoms. The molecule has 110 valence electrons. The Morgan fingerprint density at radius 1 is 1.35 bits per heavy atom. The van der Waals surface area contributed by atoms with E-state index in [4.69, 9.17) is 18.0 Å². The molecule has 0 aliphatic heterocycles. The second-order valence-corrected chi connectivity index (χ2v) is 7.71. The summed E-state index contributed by atoms with van der Waals surface area (Å²) >= 11 is 4.92. The van der Waals surface area contributed by atoms with Crippen molar-refractivity contribution in [3.05, 3.63) is 29.3 Å². The van der Waals surface area contributed by atoms with Crippen molar-refractivity contribution in [3.63, 3.8) is 0 Å². The van der Waals surface area contributed by atoms with Crippen LogP contribution >= 0.6 is 12.2 Å². The van der Waals surface area contributed by atoms with Gasteiger partial charge in [0.1, 0.15) is 4.99 Å². The van der Waals surface area contributed by atoms with Crippen LogP contribution in [0.2, 0.25) is 0 Å². The van der Waals surface area contributed by atoms with Crippen LogP contribution in [0.3, 0.4) is 0 Å². The lowest BCUT2D eigenvalue weighted by atomic mass is 10.1. The lowest BCUT2D eigenvalue weighted by Crippen LogP contribution is -2.35. The Labute approximate surface area is 126 Å². The summed E-state index contributed by atoms with van der Waals surface area (Å²) in [5.74, 6) is 0. The minimum atomic E-state index is -3.45. The van der Waals surface area contributed by atoms with Gasteiger partial charge in [0.15, 0.2) is 0 Å². The fourth-order valence-electron chi connectivity index (χ4n) is 2.71. The van der Waals surface area contributed by atoms with Gasteiger partial charge in [0.05, 0.1) is 4.90 Å². The monoisotopic (exact) mass is 312 g/mol. The van der Waals surface area contributed by atoms with E-state index in [0.717, 1.165) is 25.7 Å². The van der Waals surface area contributed by atoms with Crippen molar-refractivity contribution in [2.75, 3.05) is 7.05 Å². The first-order valence-electron chi connectivity index (χ1n) is 6.72. The van der Waals surface area contributed by atoms with E-state index in [1.54, 1.807) is 32.2 Å². The van der Waals surface area contributed by atoms with Crippen molar-refractivity contribution in [3.8, 4) is 0 Å². The van der Waals surface area contributed by atoms with Crippen LogP contribution in [-0.4, -0.2) is 30.8 Å². The van der Waals surface area contributed by atoms with Gasteiger partial charge in [-0.3, -0.25) is 0 Å². The van der Waals surface area contributed by atoms with Crippen LogP contribution < -0.4 is 5.73 Å². The maximum absolute atomic E-state index is 12.7. The zero-order valence-electron chi connectivity index (χ0n) is 11.8. The first-order valence-corrected chi connectivity index (χ1v) is 8.57. The van der Waals surface area contributed by atoms with E-state index in [0.29, 0.717) is 16.0 Å². The van der Waals surface area contributed by atoms with E-state index >= 15 is 0 Å². The van der Waals surface area contributed by atoms with Crippen molar-refractivity contribution in [1.82, 2.24) is 4.31 Å². The fourth-order valence-corrected chi connectivity index (χ4v) is 4.46. The molecule has 0 spiro atoms. The molecule has 6 heteroatoms. The van der Waals surface area contributed by atoms with Crippen LogP contribution in [0.15, 0.2) is 23.1 Å². The molecule has 0 bridgehead atoms. The number of nitrogens with zero attached hydrogens (tertiary/aromatic N) is 1. The third kappa shape index (κ3) is 2.87. The van der Waals surface area contributed by atoms with E-state index in [9.17, 15) is 8.42 Å². The van der Waals surface area contributed by atoms with Gasteiger partial charge in [-0.2, -0.15) is 4.31 Å². The molecule has 0 amide bonds. The largest absolute Gasteiger partial charge is 0.389 e. The summed E-state index contributed by atoms with van der Waals surface area (Å²) in [6.07, 6.45) is 4.09. The highest BCUT2D eigenvalue weighted by Gasteiger charge is 2.30. The lowest BCUT2D eigenvalue weighted by Gasteiger charge is -2.24. The SMILES string of the molecule is Cc1cc(C(N)=S)ccc1S(=O)(=O)N(C)C1CCCC1. The van der Waals surface area contributed by atoms with Gasteiger partial charge in [-0.05, 0) is 37.5 Å². The minimum Gasteiger partial charge on any atom is -0.389 e. The predicted molar refractivity (Wildman–Crippen MR) is 84.3 cm³/mol. The summed E-state index contributed by atoms with van der Waals surface area (Å²) in [5, 5.41) is 0. The second-order valence-electron chi connectivity index (χ2n) is 5.30. The number of rotatable bonds is 4. The van der Waals surface area contributed by atoms with Crippen LogP contribution in [0, 0.1) is 6.92 Å². The number of thiocarbonyl (C=S) groups is 1.